The van der Waals surface area contributed by atoms with Crippen molar-refractivity contribution in [1.29, 1.82) is 0 Å². The minimum absolute atomic E-state index is 0.738. The molecule has 0 bridgehead atoms. The van der Waals surface area contributed by atoms with E-state index in [2.05, 4.69) is 18.8 Å². The molecule has 0 aromatic carbocycles. The quantitative estimate of drug-likeness (QED) is 0.416. The number of hydrogen-bond donors (Lipinski definition) is 0. The minimum Gasteiger partial charge on any atom is -0.0996 e. The van der Waals surface area contributed by atoms with Crippen molar-refractivity contribution in [3.05, 3.63) is 0 Å². The van der Waals surface area contributed by atoms with Gasteiger partial charge in [-0.05, 0) is 81.0 Å². The molecule has 0 amide bonds. The van der Waals surface area contributed by atoms with Gasteiger partial charge < -0.3 is 0 Å². The minimum atomic E-state index is 0.738. The molecular weight excluding hydrogens is 348 g/mol. The maximum absolute atomic E-state index is 3.71. The molecule has 0 aromatic heterocycles. The van der Waals surface area contributed by atoms with Gasteiger partial charge in [-0.2, -0.15) is 0 Å². The van der Waals surface area contributed by atoms with Gasteiger partial charge in [-0.1, -0.05) is 89.4 Å². The molecule has 0 spiro atoms. The Hall–Kier alpha value is -0.440. The van der Waals surface area contributed by atoms with E-state index in [4.69, 9.17) is 0 Å². The van der Waals surface area contributed by atoms with Crippen LogP contribution in [0.1, 0.15) is 129 Å². The highest BCUT2D eigenvalue weighted by atomic mass is 14.3. The van der Waals surface area contributed by atoms with Crippen LogP contribution in [0.5, 0.6) is 0 Å². The third-order valence-electron chi connectivity index (χ3n) is 9.38. The molecule has 0 heterocycles. The van der Waals surface area contributed by atoms with E-state index in [9.17, 15) is 0 Å². The lowest BCUT2D eigenvalue weighted by Crippen LogP contribution is -2.22. The number of rotatable bonds is 4. The second kappa shape index (κ2) is 11.3. The molecule has 0 heteroatoms. The van der Waals surface area contributed by atoms with E-state index >= 15 is 0 Å². The highest BCUT2D eigenvalue weighted by molar-refractivity contribution is 5.08. The third kappa shape index (κ3) is 7.04. The Bertz CT molecular complexity index is 506. The van der Waals surface area contributed by atoms with E-state index in [1.165, 1.54) is 83.5 Å². The largest absolute Gasteiger partial charge is 0.0996 e. The van der Waals surface area contributed by atoms with Gasteiger partial charge in [0.05, 0.1) is 0 Å². The Labute approximate surface area is 182 Å². The van der Waals surface area contributed by atoms with E-state index in [1.807, 2.05) is 0 Å². The Morgan fingerprint density at radius 3 is 1.31 bits per heavy atom. The zero-order valence-electron chi connectivity index (χ0n) is 19.5. The van der Waals surface area contributed by atoms with Gasteiger partial charge in [0.15, 0.2) is 0 Å². The van der Waals surface area contributed by atoms with Gasteiger partial charge in [-0.25, -0.2) is 0 Å². The summed E-state index contributed by atoms with van der Waals surface area (Å²) in [6.07, 6.45) is 28.2. The van der Waals surface area contributed by atoms with Gasteiger partial charge in [0, 0.05) is 11.8 Å². The fourth-order valence-electron chi connectivity index (χ4n) is 7.24. The molecule has 0 atom stereocenters. The van der Waals surface area contributed by atoms with Gasteiger partial charge in [-0.3, -0.25) is 0 Å². The van der Waals surface area contributed by atoms with Crippen LogP contribution in [0.25, 0.3) is 0 Å². The molecule has 0 nitrogen and oxygen atoms in total. The Balaban J connectivity index is 1.10. The molecule has 4 fully saturated rings. The molecule has 0 radical (unpaired) electrons. The molecule has 164 valence electrons. The van der Waals surface area contributed by atoms with Crippen molar-refractivity contribution >= 4 is 0 Å². The molecular formula is C29H48. The highest BCUT2D eigenvalue weighted by Crippen LogP contribution is 2.41. The topological polar surface area (TPSA) is 0 Å². The lowest BCUT2D eigenvalue weighted by atomic mass is 9.70. The smallest absolute Gasteiger partial charge is 0.0203 e. The molecule has 4 saturated carbocycles. The van der Waals surface area contributed by atoms with Crippen LogP contribution in [0.2, 0.25) is 0 Å². The normalized spacial score (nSPS) is 39.5. The van der Waals surface area contributed by atoms with Crippen molar-refractivity contribution in [3.63, 3.8) is 0 Å². The maximum atomic E-state index is 3.71. The zero-order valence-corrected chi connectivity index (χ0v) is 19.5. The van der Waals surface area contributed by atoms with Crippen LogP contribution in [0.3, 0.4) is 0 Å². The van der Waals surface area contributed by atoms with E-state index in [1.54, 1.807) is 38.5 Å². The Morgan fingerprint density at radius 2 is 0.828 bits per heavy atom. The molecule has 0 saturated heterocycles. The van der Waals surface area contributed by atoms with Crippen LogP contribution < -0.4 is 0 Å². The maximum Gasteiger partial charge on any atom is 0.0203 e. The first-order valence-electron chi connectivity index (χ1n) is 13.8. The van der Waals surface area contributed by atoms with Crippen LogP contribution in [-0.4, -0.2) is 0 Å². The molecule has 0 unspecified atom stereocenters. The summed E-state index contributed by atoms with van der Waals surface area (Å²) in [6.45, 7) is 2.46. The van der Waals surface area contributed by atoms with Crippen molar-refractivity contribution in [2.45, 2.75) is 129 Å². The van der Waals surface area contributed by atoms with Crippen LogP contribution in [-0.2, 0) is 0 Å². The summed E-state index contributed by atoms with van der Waals surface area (Å²) < 4.78 is 0. The van der Waals surface area contributed by atoms with Gasteiger partial charge in [0.2, 0.25) is 0 Å². The van der Waals surface area contributed by atoms with E-state index in [-0.39, 0.29) is 0 Å². The molecule has 4 aliphatic rings. The summed E-state index contributed by atoms with van der Waals surface area (Å²) in [5, 5.41) is 0. The molecule has 0 N–H and O–H groups in total. The fraction of sp³-hybridized carbons (Fsp3) is 0.931. The molecule has 0 aliphatic heterocycles. The monoisotopic (exact) mass is 396 g/mol. The summed E-state index contributed by atoms with van der Waals surface area (Å²) in [7, 11) is 0. The van der Waals surface area contributed by atoms with Crippen molar-refractivity contribution in [2.24, 2.45) is 41.4 Å². The average molecular weight is 397 g/mol. The van der Waals surface area contributed by atoms with Gasteiger partial charge in [-0.15, -0.1) is 0 Å². The van der Waals surface area contributed by atoms with E-state index in [0.29, 0.717) is 0 Å². The SMILES string of the molecule is CC1CCC(CC2CCC(CC3CCC(C#CC4CCCCC4)CC3)CC2)CC1. The zero-order chi connectivity index (χ0) is 19.9. The first-order valence-corrected chi connectivity index (χ1v) is 13.8. The second-order valence-electron chi connectivity index (χ2n) is 11.8. The molecule has 4 aliphatic carbocycles. The Kier molecular flexibility index (Phi) is 8.45. The van der Waals surface area contributed by atoms with Crippen LogP contribution in [0, 0.1) is 53.3 Å². The molecule has 29 heavy (non-hydrogen) atoms. The highest BCUT2D eigenvalue weighted by Gasteiger charge is 2.28. The van der Waals surface area contributed by atoms with Crippen LogP contribution >= 0.6 is 0 Å². The third-order valence-corrected chi connectivity index (χ3v) is 9.38. The van der Waals surface area contributed by atoms with Crippen LogP contribution in [0.15, 0.2) is 0 Å². The predicted octanol–water partition coefficient (Wildman–Crippen LogP) is 8.79. The summed E-state index contributed by atoms with van der Waals surface area (Å²) in [4.78, 5) is 0. The first kappa shape index (κ1) is 21.8. The Morgan fingerprint density at radius 1 is 0.448 bits per heavy atom. The lowest BCUT2D eigenvalue weighted by molar-refractivity contribution is 0.171. The summed E-state index contributed by atoms with van der Waals surface area (Å²) >= 11 is 0. The average Bonchev–Trinajstić information content (AvgIpc) is 2.77. The predicted molar refractivity (Wildman–Crippen MR) is 126 cm³/mol. The number of hydrogen-bond acceptors (Lipinski definition) is 0. The van der Waals surface area contributed by atoms with E-state index in [0.717, 1.165) is 41.4 Å². The van der Waals surface area contributed by atoms with E-state index < -0.39 is 0 Å². The van der Waals surface area contributed by atoms with Crippen molar-refractivity contribution in [3.8, 4) is 11.8 Å². The molecule has 4 rings (SSSR count). The van der Waals surface area contributed by atoms with Crippen LogP contribution in [0.4, 0.5) is 0 Å². The van der Waals surface area contributed by atoms with Crippen molar-refractivity contribution in [1.82, 2.24) is 0 Å². The van der Waals surface area contributed by atoms with Crippen molar-refractivity contribution < 1.29 is 0 Å². The summed E-state index contributed by atoms with van der Waals surface area (Å²) in [6, 6.07) is 0. The first-order chi connectivity index (χ1) is 14.2. The van der Waals surface area contributed by atoms with Gasteiger partial charge >= 0.3 is 0 Å². The lowest BCUT2D eigenvalue weighted by Gasteiger charge is -2.35. The van der Waals surface area contributed by atoms with Gasteiger partial charge in [0.25, 0.3) is 0 Å². The summed E-state index contributed by atoms with van der Waals surface area (Å²) in [5.41, 5.74) is 0. The van der Waals surface area contributed by atoms with Gasteiger partial charge in [0.1, 0.15) is 0 Å². The fourth-order valence-corrected chi connectivity index (χ4v) is 7.24. The van der Waals surface area contributed by atoms with Crippen molar-refractivity contribution in [2.75, 3.05) is 0 Å². The standard InChI is InChI=1S/C29H48/c1-23-7-9-26(10-8-23)21-28-17-19-29(20-18-28)22-27-15-13-25(14-16-27)12-11-24-5-3-2-4-6-24/h23-29H,2-10,13-22H2,1H3. The summed E-state index contributed by atoms with van der Waals surface area (Å²) in [5.74, 6) is 14.1. The second-order valence-corrected chi connectivity index (χ2v) is 11.8. The molecule has 0 aromatic rings.